The van der Waals surface area contributed by atoms with Crippen molar-refractivity contribution >= 4 is 23.5 Å². The summed E-state index contributed by atoms with van der Waals surface area (Å²) in [5.74, 6) is -2.40. The Morgan fingerprint density at radius 3 is 2.34 bits per heavy atom. The minimum atomic E-state index is -0.918. The fourth-order valence-electron chi connectivity index (χ4n) is 4.69. The van der Waals surface area contributed by atoms with Crippen LogP contribution in [0.5, 0.6) is 0 Å². The van der Waals surface area contributed by atoms with Gasteiger partial charge in [-0.15, -0.1) is 0 Å². The molecule has 2 aliphatic rings. The van der Waals surface area contributed by atoms with Gasteiger partial charge in [0, 0.05) is 42.2 Å². The van der Waals surface area contributed by atoms with Crippen LogP contribution in [0.4, 0.5) is 5.69 Å². The minimum absolute atomic E-state index is 0.139. The maximum atomic E-state index is 13.7. The smallest absolute Gasteiger partial charge is 0.336 e. The Morgan fingerprint density at radius 2 is 1.77 bits per heavy atom. The Morgan fingerprint density at radius 1 is 1.14 bits per heavy atom. The molecule has 1 fully saturated rings. The Bertz CT molecular complexity index is 1100. The molecule has 0 saturated carbocycles. The fourth-order valence-corrected chi connectivity index (χ4v) is 4.69. The fraction of sp³-hybridized carbons (Fsp3) is 0.480. The van der Waals surface area contributed by atoms with Crippen LogP contribution in [0.1, 0.15) is 52.0 Å². The number of nitrogens with zero attached hydrogens (tertiary/aromatic N) is 2. The number of rotatable bonds is 7. The zero-order valence-corrected chi connectivity index (χ0v) is 20.7. The normalized spacial score (nSPS) is 18.9. The minimum Gasteiger partial charge on any atom is -0.466 e. The number of hydrogen-bond acceptors (Lipinski definition) is 7. The van der Waals surface area contributed by atoms with Crippen LogP contribution < -0.4 is 10.6 Å². The van der Waals surface area contributed by atoms with Crippen molar-refractivity contribution in [2.24, 2.45) is 5.92 Å². The van der Waals surface area contributed by atoms with Crippen LogP contribution in [0.2, 0.25) is 0 Å². The maximum absolute atomic E-state index is 13.7. The average molecular weight is 485 g/mol. The standard InChI is InChI=1S/C25H32N4O6/c1-14(2)22(24(31)28-11-6-7-12-28)27-23(30)19-15(3)26-16(4)20(25(32)35-5)21(19)17-9-8-10-18(13-17)29(33)34/h8-10,13-14,21-22,26H,6-7,11-12H2,1-5H3,(H,27,30). The number of nitro benzene ring substituents is 1. The first-order valence-corrected chi connectivity index (χ1v) is 11.7. The van der Waals surface area contributed by atoms with E-state index in [1.54, 1.807) is 24.8 Å². The Kier molecular flexibility index (Phi) is 7.93. The summed E-state index contributed by atoms with van der Waals surface area (Å²) < 4.78 is 4.99. The van der Waals surface area contributed by atoms with Crippen molar-refractivity contribution < 1.29 is 24.0 Å². The highest BCUT2D eigenvalue weighted by molar-refractivity contribution is 6.03. The summed E-state index contributed by atoms with van der Waals surface area (Å²) in [6.45, 7) is 8.42. The number of methoxy groups -OCH3 is 1. The van der Waals surface area contributed by atoms with Gasteiger partial charge in [-0.1, -0.05) is 26.0 Å². The molecule has 2 N–H and O–H groups in total. The molecule has 10 heteroatoms. The van der Waals surface area contributed by atoms with Crippen LogP contribution in [-0.4, -0.2) is 53.8 Å². The van der Waals surface area contributed by atoms with Crippen LogP contribution in [0.3, 0.4) is 0 Å². The van der Waals surface area contributed by atoms with Gasteiger partial charge in [0.15, 0.2) is 0 Å². The Labute approximate surface area is 204 Å². The van der Waals surface area contributed by atoms with E-state index in [9.17, 15) is 24.5 Å². The lowest BCUT2D eigenvalue weighted by Gasteiger charge is -2.32. The monoisotopic (exact) mass is 484 g/mol. The predicted molar refractivity (Wildman–Crippen MR) is 129 cm³/mol. The third kappa shape index (κ3) is 5.36. The highest BCUT2D eigenvalue weighted by atomic mass is 16.6. The number of nitro groups is 1. The number of esters is 1. The molecule has 0 aromatic heterocycles. The summed E-state index contributed by atoms with van der Waals surface area (Å²) in [7, 11) is 1.24. The summed E-state index contributed by atoms with van der Waals surface area (Å²) in [5.41, 5.74) is 1.59. The van der Waals surface area contributed by atoms with Crippen LogP contribution in [0.15, 0.2) is 46.8 Å². The average Bonchev–Trinajstić information content (AvgIpc) is 3.36. The molecule has 35 heavy (non-hydrogen) atoms. The number of likely N-dealkylation sites (tertiary alicyclic amines) is 1. The molecule has 0 aliphatic carbocycles. The second-order valence-electron chi connectivity index (χ2n) is 9.21. The van der Waals surface area contributed by atoms with Gasteiger partial charge in [0.2, 0.25) is 5.91 Å². The molecule has 1 saturated heterocycles. The molecular formula is C25H32N4O6. The summed E-state index contributed by atoms with van der Waals surface area (Å²) in [6.07, 6.45) is 1.86. The van der Waals surface area contributed by atoms with Gasteiger partial charge in [0.1, 0.15) is 6.04 Å². The molecule has 2 atom stereocenters. The third-order valence-corrected chi connectivity index (χ3v) is 6.46. The molecule has 2 heterocycles. The lowest BCUT2D eigenvalue weighted by Crippen LogP contribution is -2.51. The quantitative estimate of drug-likeness (QED) is 0.346. The van der Waals surface area contributed by atoms with Gasteiger partial charge >= 0.3 is 5.97 Å². The van der Waals surface area contributed by atoms with Crippen molar-refractivity contribution in [1.29, 1.82) is 0 Å². The lowest BCUT2D eigenvalue weighted by atomic mass is 9.79. The Hall–Kier alpha value is -3.69. The number of non-ortho nitro benzene ring substituents is 1. The number of nitrogens with one attached hydrogen (secondary N) is 2. The van der Waals surface area contributed by atoms with Gasteiger partial charge in [0.05, 0.1) is 23.5 Å². The van der Waals surface area contributed by atoms with Gasteiger partial charge in [-0.05, 0) is 38.2 Å². The van der Waals surface area contributed by atoms with E-state index in [0.29, 0.717) is 30.0 Å². The van der Waals surface area contributed by atoms with Gasteiger partial charge in [-0.3, -0.25) is 19.7 Å². The van der Waals surface area contributed by atoms with Crippen LogP contribution >= 0.6 is 0 Å². The number of hydrogen-bond donors (Lipinski definition) is 2. The second-order valence-corrected chi connectivity index (χ2v) is 9.21. The molecule has 1 aromatic rings. The number of dihydropyridines is 1. The third-order valence-electron chi connectivity index (χ3n) is 6.46. The van der Waals surface area contributed by atoms with E-state index in [1.165, 1.54) is 25.3 Å². The van der Waals surface area contributed by atoms with Gasteiger partial charge in [-0.25, -0.2) is 4.79 Å². The molecule has 188 valence electrons. The topological polar surface area (TPSA) is 131 Å². The van der Waals surface area contributed by atoms with E-state index in [0.717, 1.165) is 12.8 Å². The largest absolute Gasteiger partial charge is 0.466 e. The number of carbonyl (C=O) groups excluding carboxylic acids is 3. The number of amides is 2. The zero-order chi connectivity index (χ0) is 25.9. The highest BCUT2D eigenvalue weighted by Crippen LogP contribution is 2.39. The first-order chi connectivity index (χ1) is 16.6. The molecule has 1 aromatic carbocycles. The summed E-state index contributed by atoms with van der Waals surface area (Å²) in [6, 6.07) is 5.09. The SMILES string of the molecule is COC(=O)C1=C(C)NC(C)=C(C(=O)NC(C(=O)N2CCCC2)C(C)C)C1c1cccc([N+](=O)[O-])c1. The Balaban J connectivity index is 2.06. The molecule has 0 spiro atoms. The molecule has 2 amide bonds. The van der Waals surface area contributed by atoms with Crippen molar-refractivity contribution in [3.8, 4) is 0 Å². The summed E-state index contributed by atoms with van der Waals surface area (Å²) >= 11 is 0. The second kappa shape index (κ2) is 10.7. The molecule has 0 radical (unpaired) electrons. The number of ether oxygens (including phenoxy) is 1. The van der Waals surface area contributed by atoms with Crippen molar-refractivity contribution in [3.63, 3.8) is 0 Å². The molecule has 0 bridgehead atoms. The van der Waals surface area contributed by atoms with Crippen molar-refractivity contribution in [1.82, 2.24) is 15.5 Å². The van der Waals surface area contributed by atoms with E-state index in [1.807, 2.05) is 13.8 Å². The summed E-state index contributed by atoms with van der Waals surface area (Å²) in [5, 5.41) is 17.4. The van der Waals surface area contributed by atoms with Gasteiger partial charge in [0.25, 0.3) is 11.6 Å². The molecule has 10 nitrogen and oxygen atoms in total. The van der Waals surface area contributed by atoms with Gasteiger partial charge in [-0.2, -0.15) is 0 Å². The van der Waals surface area contributed by atoms with E-state index >= 15 is 0 Å². The van der Waals surface area contributed by atoms with Crippen molar-refractivity contribution in [2.75, 3.05) is 20.2 Å². The number of allylic oxidation sites excluding steroid dienone is 2. The van der Waals surface area contributed by atoms with Crippen LogP contribution in [0.25, 0.3) is 0 Å². The number of carbonyl (C=O) groups is 3. The molecule has 2 unspecified atom stereocenters. The van der Waals surface area contributed by atoms with Crippen molar-refractivity contribution in [3.05, 3.63) is 62.5 Å². The highest BCUT2D eigenvalue weighted by Gasteiger charge is 2.39. The van der Waals surface area contributed by atoms with Crippen molar-refractivity contribution in [2.45, 2.75) is 52.5 Å². The van der Waals surface area contributed by atoms with E-state index < -0.39 is 28.8 Å². The maximum Gasteiger partial charge on any atom is 0.336 e. The first kappa shape index (κ1) is 25.9. The number of benzene rings is 1. The molecule has 3 rings (SSSR count). The van der Waals surface area contributed by atoms with Crippen LogP contribution in [-0.2, 0) is 19.1 Å². The lowest BCUT2D eigenvalue weighted by molar-refractivity contribution is -0.384. The summed E-state index contributed by atoms with van der Waals surface area (Å²) in [4.78, 5) is 52.3. The van der Waals surface area contributed by atoms with Crippen LogP contribution in [0, 0.1) is 16.0 Å². The van der Waals surface area contributed by atoms with E-state index in [2.05, 4.69) is 10.6 Å². The van der Waals surface area contributed by atoms with E-state index in [4.69, 9.17) is 4.74 Å². The molecular weight excluding hydrogens is 452 g/mol. The zero-order valence-electron chi connectivity index (χ0n) is 20.7. The predicted octanol–water partition coefficient (Wildman–Crippen LogP) is 2.77. The molecule has 2 aliphatic heterocycles. The first-order valence-electron chi connectivity index (χ1n) is 11.7. The van der Waals surface area contributed by atoms with E-state index in [-0.39, 0.29) is 28.7 Å². The van der Waals surface area contributed by atoms with Gasteiger partial charge < -0.3 is 20.3 Å².